The third kappa shape index (κ3) is 6.87. The minimum absolute atomic E-state index is 0.0983. The van der Waals surface area contributed by atoms with E-state index in [0.717, 1.165) is 64.2 Å². The van der Waals surface area contributed by atoms with Crippen molar-refractivity contribution in [3.8, 4) is 5.75 Å². The van der Waals surface area contributed by atoms with Crippen LogP contribution < -0.4 is 9.64 Å². The fraction of sp³-hybridized carbons (Fsp3) is 0.714. The van der Waals surface area contributed by atoms with Gasteiger partial charge in [-0.15, -0.1) is 0 Å². The predicted octanol–water partition coefficient (Wildman–Crippen LogP) is 4.67. The molecule has 0 amide bonds. The molecule has 4 nitrogen and oxygen atoms in total. The van der Waals surface area contributed by atoms with Crippen LogP contribution in [0.25, 0.3) is 0 Å². The lowest BCUT2D eigenvalue weighted by atomic mass is 10.0. The minimum Gasteiger partial charge on any atom is -0.494 e. The number of methoxy groups -OCH3 is 1. The van der Waals surface area contributed by atoms with Crippen molar-refractivity contribution in [2.24, 2.45) is 0 Å². The number of hydrogen-bond donors (Lipinski definition) is 0. The zero-order valence-corrected chi connectivity index (χ0v) is 16.4. The molecule has 1 aromatic carbocycles. The Balaban J connectivity index is 1.75. The standard InChI is InChI=1S/C21H35NO3/c1-5-6-15-24-20-9-7-8-18(17-20)22-13-10-19(11-14-22)25-16-12-21(2,3)23-4/h7-9,17,19H,5-6,10-16H2,1-4H3. The van der Waals surface area contributed by atoms with Gasteiger partial charge in [-0.3, -0.25) is 0 Å². The number of rotatable bonds is 10. The van der Waals surface area contributed by atoms with Gasteiger partial charge in [-0.1, -0.05) is 19.4 Å². The molecule has 1 saturated heterocycles. The van der Waals surface area contributed by atoms with Crippen molar-refractivity contribution in [1.29, 1.82) is 0 Å². The van der Waals surface area contributed by atoms with Crippen molar-refractivity contribution in [3.05, 3.63) is 24.3 Å². The lowest BCUT2D eigenvalue weighted by Gasteiger charge is -2.34. The summed E-state index contributed by atoms with van der Waals surface area (Å²) >= 11 is 0. The van der Waals surface area contributed by atoms with Gasteiger partial charge in [0.25, 0.3) is 0 Å². The van der Waals surface area contributed by atoms with Crippen LogP contribution in [0.2, 0.25) is 0 Å². The van der Waals surface area contributed by atoms with Crippen LogP contribution >= 0.6 is 0 Å². The van der Waals surface area contributed by atoms with Gasteiger partial charge >= 0.3 is 0 Å². The predicted molar refractivity (Wildman–Crippen MR) is 104 cm³/mol. The van der Waals surface area contributed by atoms with E-state index in [2.05, 4.69) is 43.9 Å². The van der Waals surface area contributed by atoms with Crippen LogP contribution in [0.1, 0.15) is 52.9 Å². The highest BCUT2D eigenvalue weighted by atomic mass is 16.5. The molecule has 0 unspecified atom stereocenters. The van der Waals surface area contributed by atoms with Gasteiger partial charge in [0.1, 0.15) is 5.75 Å². The molecule has 1 aliphatic heterocycles. The molecule has 0 spiro atoms. The second kappa shape index (κ2) is 10.0. The molecule has 0 atom stereocenters. The number of anilines is 1. The normalized spacial score (nSPS) is 16.2. The maximum atomic E-state index is 6.06. The SMILES string of the molecule is CCCCOc1cccc(N2CCC(OCCC(C)(C)OC)CC2)c1. The van der Waals surface area contributed by atoms with Crippen LogP contribution in [0.4, 0.5) is 5.69 Å². The van der Waals surface area contributed by atoms with E-state index in [1.165, 1.54) is 5.69 Å². The quantitative estimate of drug-likeness (QED) is 0.575. The molecule has 1 aliphatic rings. The van der Waals surface area contributed by atoms with Crippen molar-refractivity contribution >= 4 is 5.69 Å². The fourth-order valence-corrected chi connectivity index (χ4v) is 2.96. The van der Waals surface area contributed by atoms with Gasteiger partial charge in [0.15, 0.2) is 0 Å². The first-order valence-electron chi connectivity index (χ1n) is 9.68. The van der Waals surface area contributed by atoms with Gasteiger partial charge in [0.2, 0.25) is 0 Å². The Kier molecular flexibility index (Phi) is 8.04. The largest absolute Gasteiger partial charge is 0.494 e. The summed E-state index contributed by atoms with van der Waals surface area (Å²) in [6.45, 7) is 10.0. The fourth-order valence-electron chi connectivity index (χ4n) is 2.96. The Hall–Kier alpha value is -1.26. The van der Waals surface area contributed by atoms with Crippen molar-refractivity contribution in [2.75, 3.05) is 38.3 Å². The number of hydrogen-bond acceptors (Lipinski definition) is 4. The van der Waals surface area contributed by atoms with Crippen molar-refractivity contribution in [2.45, 2.75) is 64.6 Å². The highest BCUT2D eigenvalue weighted by Crippen LogP contribution is 2.25. The van der Waals surface area contributed by atoms with E-state index in [4.69, 9.17) is 14.2 Å². The Morgan fingerprint density at radius 1 is 1.16 bits per heavy atom. The summed E-state index contributed by atoms with van der Waals surface area (Å²) in [6.07, 6.45) is 5.72. The van der Waals surface area contributed by atoms with Crippen LogP contribution in [-0.4, -0.2) is 45.1 Å². The molecule has 0 aliphatic carbocycles. The van der Waals surface area contributed by atoms with Crippen LogP contribution in [0.15, 0.2) is 24.3 Å². The zero-order valence-electron chi connectivity index (χ0n) is 16.4. The van der Waals surface area contributed by atoms with E-state index in [1.807, 2.05) is 6.07 Å². The van der Waals surface area contributed by atoms with Gasteiger partial charge in [0.05, 0.1) is 18.3 Å². The second-order valence-electron chi connectivity index (χ2n) is 7.47. The zero-order chi connectivity index (χ0) is 18.1. The maximum Gasteiger partial charge on any atom is 0.121 e. The number of ether oxygens (including phenoxy) is 3. The lowest BCUT2D eigenvalue weighted by Crippen LogP contribution is -2.37. The van der Waals surface area contributed by atoms with Gasteiger partial charge in [0, 0.05) is 38.6 Å². The van der Waals surface area contributed by atoms with E-state index in [1.54, 1.807) is 7.11 Å². The molecule has 4 heteroatoms. The Labute approximate surface area is 153 Å². The summed E-state index contributed by atoms with van der Waals surface area (Å²) in [5.41, 5.74) is 1.16. The molecule has 1 fully saturated rings. The molecule has 1 aromatic rings. The summed E-state index contributed by atoms with van der Waals surface area (Å²) in [5, 5.41) is 0. The van der Waals surface area contributed by atoms with Gasteiger partial charge in [-0.05, 0) is 51.7 Å². The van der Waals surface area contributed by atoms with E-state index in [0.29, 0.717) is 6.10 Å². The minimum atomic E-state index is -0.0983. The summed E-state index contributed by atoms with van der Waals surface area (Å²) in [5.74, 6) is 0.978. The average Bonchev–Trinajstić information content (AvgIpc) is 2.63. The molecule has 0 bridgehead atoms. The lowest BCUT2D eigenvalue weighted by molar-refractivity contribution is -0.0312. The number of piperidine rings is 1. The Morgan fingerprint density at radius 3 is 2.60 bits per heavy atom. The molecule has 1 heterocycles. The number of nitrogens with zero attached hydrogens (tertiary/aromatic N) is 1. The van der Waals surface area contributed by atoms with Crippen LogP contribution in [0.3, 0.4) is 0 Å². The van der Waals surface area contributed by atoms with E-state index in [9.17, 15) is 0 Å². The van der Waals surface area contributed by atoms with Gasteiger partial charge < -0.3 is 19.1 Å². The molecule has 0 N–H and O–H groups in total. The molecular formula is C21H35NO3. The average molecular weight is 350 g/mol. The number of benzene rings is 1. The molecule has 0 aromatic heterocycles. The maximum absolute atomic E-state index is 6.06. The van der Waals surface area contributed by atoms with Crippen molar-refractivity contribution < 1.29 is 14.2 Å². The van der Waals surface area contributed by atoms with Gasteiger partial charge in [-0.2, -0.15) is 0 Å². The van der Waals surface area contributed by atoms with Crippen molar-refractivity contribution in [1.82, 2.24) is 0 Å². The first kappa shape index (κ1) is 20.1. The van der Waals surface area contributed by atoms with Crippen molar-refractivity contribution in [3.63, 3.8) is 0 Å². The van der Waals surface area contributed by atoms with Gasteiger partial charge in [-0.25, -0.2) is 0 Å². The smallest absolute Gasteiger partial charge is 0.121 e. The molecular weight excluding hydrogens is 314 g/mol. The van der Waals surface area contributed by atoms with E-state index >= 15 is 0 Å². The topological polar surface area (TPSA) is 30.9 Å². The van der Waals surface area contributed by atoms with E-state index < -0.39 is 0 Å². The summed E-state index contributed by atoms with van der Waals surface area (Å²) < 4.78 is 17.3. The van der Waals surface area contributed by atoms with Crippen LogP contribution in [-0.2, 0) is 9.47 Å². The molecule has 0 saturated carbocycles. The molecule has 2 rings (SSSR count). The molecule has 25 heavy (non-hydrogen) atoms. The highest BCUT2D eigenvalue weighted by Gasteiger charge is 2.22. The Bertz CT molecular complexity index is 496. The first-order valence-corrected chi connectivity index (χ1v) is 9.68. The molecule has 142 valence electrons. The first-order chi connectivity index (χ1) is 12.0. The summed E-state index contributed by atoms with van der Waals surface area (Å²) in [7, 11) is 1.76. The summed E-state index contributed by atoms with van der Waals surface area (Å²) in [6, 6.07) is 8.48. The third-order valence-electron chi connectivity index (χ3n) is 5.00. The van der Waals surface area contributed by atoms with E-state index in [-0.39, 0.29) is 5.60 Å². The van der Waals surface area contributed by atoms with Crippen LogP contribution in [0, 0.1) is 0 Å². The third-order valence-corrected chi connectivity index (χ3v) is 5.00. The molecule has 0 radical (unpaired) electrons. The second-order valence-corrected chi connectivity index (χ2v) is 7.47. The Morgan fingerprint density at radius 2 is 1.92 bits per heavy atom. The van der Waals surface area contributed by atoms with Crippen LogP contribution in [0.5, 0.6) is 5.75 Å². The highest BCUT2D eigenvalue weighted by molar-refractivity contribution is 5.51. The summed E-state index contributed by atoms with van der Waals surface area (Å²) in [4.78, 5) is 2.44. The number of unbranched alkanes of at least 4 members (excludes halogenated alkanes) is 1. The monoisotopic (exact) mass is 349 g/mol.